The molecule has 1 aliphatic heterocycles. The minimum atomic E-state index is -0.369. The van der Waals surface area contributed by atoms with E-state index in [-0.39, 0.29) is 5.54 Å². The smallest absolute Gasteiger partial charge is 0.110 e. The van der Waals surface area contributed by atoms with Gasteiger partial charge in [0.15, 0.2) is 0 Å². The third-order valence-electron chi connectivity index (χ3n) is 4.52. The van der Waals surface area contributed by atoms with E-state index in [1.54, 1.807) is 0 Å². The van der Waals surface area contributed by atoms with Crippen molar-refractivity contribution in [3.05, 3.63) is 35.4 Å². The number of benzene rings is 1. The molecule has 2 nitrogen and oxygen atoms in total. The Morgan fingerprint density at radius 3 is 2.53 bits per heavy atom. The molecule has 0 bridgehead atoms. The zero-order valence-electron chi connectivity index (χ0n) is 12.3. The number of rotatable bonds is 3. The highest BCUT2D eigenvalue weighted by molar-refractivity contribution is 5.29. The molecule has 1 unspecified atom stereocenters. The fraction of sp³-hybridized carbons (Fsp3) is 0.588. The molecule has 0 saturated carbocycles. The first-order valence-electron chi connectivity index (χ1n) is 7.26. The van der Waals surface area contributed by atoms with Gasteiger partial charge in [-0.3, -0.25) is 4.90 Å². The van der Waals surface area contributed by atoms with Gasteiger partial charge in [0, 0.05) is 6.42 Å². The van der Waals surface area contributed by atoms with E-state index in [0.717, 1.165) is 25.4 Å². The van der Waals surface area contributed by atoms with Gasteiger partial charge in [-0.25, -0.2) is 0 Å². The third kappa shape index (κ3) is 3.16. The van der Waals surface area contributed by atoms with Gasteiger partial charge in [-0.15, -0.1) is 0 Å². The third-order valence-corrected chi connectivity index (χ3v) is 4.52. The molecule has 0 spiro atoms. The number of nitrogens with zero attached hydrogens (tertiary/aromatic N) is 2. The molecule has 19 heavy (non-hydrogen) atoms. The minimum absolute atomic E-state index is 0.369. The van der Waals surface area contributed by atoms with Crippen LogP contribution in [-0.2, 0) is 6.42 Å². The summed E-state index contributed by atoms with van der Waals surface area (Å²) >= 11 is 0. The number of aryl methyl sites for hydroxylation is 1. The minimum Gasteiger partial charge on any atom is -0.285 e. The Morgan fingerprint density at radius 2 is 1.95 bits per heavy atom. The lowest BCUT2D eigenvalue weighted by molar-refractivity contribution is 0.103. The van der Waals surface area contributed by atoms with Crippen molar-refractivity contribution < 1.29 is 0 Å². The standard InChI is InChI=1S/C17H24N2/c1-14-8-10-19(11-9-14)17(3,13-18)12-16-7-5-4-6-15(16)2/h4-7,14H,8-12H2,1-3H3. The second kappa shape index (κ2) is 5.75. The van der Waals surface area contributed by atoms with Crippen LogP contribution in [0.25, 0.3) is 0 Å². The van der Waals surface area contributed by atoms with Gasteiger partial charge in [0.1, 0.15) is 5.54 Å². The Morgan fingerprint density at radius 1 is 1.32 bits per heavy atom. The predicted molar refractivity (Wildman–Crippen MR) is 78.9 cm³/mol. The quantitative estimate of drug-likeness (QED) is 0.827. The monoisotopic (exact) mass is 256 g/mol. The molecular weight excluding hydrogens is 232 g/mol. The van der Waals surface area contributed by atoms with Crippen molar-refractivity contribution in [3.63, 3.8) is 0 Å². The van der Waals surface area contributed by atoms with Gasteiger partial charge in [-0.1, -0.05) is 31.2 Å². The summed E-state index contributed by atoms with van der Waals surface area (Å²) in [6.07, 6.45) is 3.25. The fourth-order valence-electron chi connectivity index (χ4n) is 2.90. The highest BCUT2D eigenvalue weighted by Crippen LogP contribution is 2.27. The second-order valence-corrected chi connectivity index (χ2v) is 6.16. The molecular formula is C17H24N2. The van der Waals surface area contributed by atoms with Crippen molar-refractivity contribution >= 4 is 0 Å². The van der Waals surface area contributed by atoms with Crippen molar-refractivity contribution in [3.8, 4) is 6.07 Å². The van der Waals surface area contributed by atoms with Crippen LogP contribution in [0.3, 0.4) is 0 Å². The molecule has 2 rings (SSSR count). The van der Waals surface area contributed by atoms with Gasteiger partial charge in [0.25, 0.3) is 0 Å². The van der Waals surface area contributed by atoms with Crippen LogP contribution in [0.1, 0.15) is 37.8 Å². The zero-order chi connectivity index (χ0) is 13.9. The average Bonchev–Trinajstić information content (AvgIpc) is 2.42. The number of likely N-dealkylation sites (tertiary alicyclic amines) is 1. The molecule has 0 amide bonds. The summed E-state index contributed by atoms with van der Waals surface area (Å²) < 4.78 is 0. The Balaban J connectivity index is 2.15. The maximum Gasteiger partial charge on any atom is 0.110 e. The van der Waals surface area contributed by atoms with Crippen molar-refractivity contribution in [1.29, 1.82) is 5.26 Å². The van der Waals surface area contributed by atoms with Crippen molar-refractivity contribution in [2.75, 3.05) is 13.1 Å². The lowest BCUT2D eigenvalue weighted by Gasteiger charge is -2.40. The van der Waals surface area contributed by atoms with Crippen LogP contribution in [0.5, 0.6) is 0 Å². The Hall–Kier alpha value is -1.33. The van der Waals surface area contributed by atoms with Gasteiger partial charge >= 0.3 is 0 Å². The van der Waals surface area contributed by atoms with Crippen molar-refractivity contribution in [2.45, 2.75) is 45.6 Å². The maximum atomic E-state index is 9.66. The van der Waals surface area contributed by atoms with Crippen LogP contribution in [0.2, 0.25) is 0 Å². The SMILES string of the molecule is Cc1ccccc1CC(C)(C#N)N1CCC(C)CC1. The topological polar surface area (TPSA) is 27.0 Å². The first-order chi connectivity index (χ1) is 9.05. The van der Waals surface area contributed by atoms with Crippen LogP contribution >= 0.6 is 0 Å². The zero-order valence-corrected chi connectivity index (χ0v) is 12.3. The van der Waals surface area contributed by atoms with E-state index in [1.165, 1.54) is 24.0 Å². The van der Waals surface area contributed by atoms with Gasteiger partial charge in [-0.05, 0) is 56.8 Å². The van der Waals surface area contributed by atoms with E-state index in [2.05, 4.69) is 56.0 Å². The Labute approximate surface area is 117 Å². The highest BCUT2D eigenvalue weighted by Gasteiger charge is 2.34. The van der Waals surface area contributed by atoms with Gasteiger partial charge in [-0.2, -0.15) is 5.26 Å². The van der Waals surface area contributed by atoms with Crippen LogP contribution in [0.15, 0.2) is 24.3 Å². The summed E-state index contributed by atoms with van der Waals surface area (Å²) in [4.78, 5) is 2.37. The summed E-state index contributed by atoms with van der Waals surface area (Å²) in [6, 6.07) is 11.0. The molecule has 0 N–H and O–H groups in total. The molecule has 1 aliphatic rings. The van der Waals surface area contributed by atoms with Crippen molar-refractivity contribution in [1.82, 2.24) is 4.90 Å². The summed E-state index contributed by atoms with van der Waals surface area (Å²) in [7, 11) is 0. The summed E-state index contributed by atoms with van der Waals surface area (Å²) in [5.41, 5.74) is 2.21. The highest BCUT2D eigenvalue weighted by atomic mass is 15.2. The first-order valence-corrected chi connectivity index (χ1v) is 7.26. The van der Waals surface area contributed by atoms with E-state index >= 15 is 0 Å². The molecule has 1 saturated heterocycles. The number of piperidine rings is 1. The first kappa shape index (κ1) is 14.1. The maximum absolute atomic E-state index is 9.66. The van der Waals surface area contributed by atoms with Crippen LogP contribution in [0, 0.1) is 24.2 Å². The molecule has 0 aliphatic carbocycles. The molecule has 0 radical (unpaired) electrons. The fourth-order valence-corrected chi connectivity index (χ4v) is 2.90. The summed E-state index contributed by atoms with van der Waals surface area (Å²) in [5.74, 6) is 0.803. The van der Waals surface area contributed by atoms with E-state index in [0.29, 0.717) is 0 Å². The van der Waals surface area contributed by atoms with Gasteiger partial charge < -0.3 is 0 Å². The molecule has 1 aromatic rings. The van der Waals surface area contributed by atoms with Crippen LogP contribution in [-0.4, -0.2) is 23.5 Å². The van der Waals surface area contributed by atoms with Gasteiger partial charge in [0.05, 0.1) is 6.07 Å². The van der Waals surface area contributed by atoms with Crippen LogP contribution < -0.4 is 0 Å². The Bertz CT molecular complexity index is 466. The normalized spacial score (nSPS) is 20.7. The summed E-state index contributed by atoms with van der Waals surface area (Å²) in [5, 5.41) is 9.66. The molecule has 1 aromatic carbocycles. The summed E-state index contributed by atoms with van der Waals surface area (Å²) in [6.45, 7) is 8.64. The molecule has 0 aromatic heterocycles. The second-order valence-electron chi connectivity index (χ2n) is 6.16. The molecule has 1 heterocycles. The van der Waals surface area contributed by atoms with E-state index in [1.807, 2.05) is 0 Å². The molecule has 2 heteroatoms. The van der Waals surface area contributed by atoms with Gasteiger partial charge in [0.2, 0.25) is 0 Å². The van der Waals surface area contributed by atoms with E-state index in [9.17, 15) is 5.26 Å². The van der Waals surface area contributed by atoms with E-state index < -0.39 is 0 Å². The molecule has 1 atom stereocenters. The number of hydrogen-bond acceptors (Lipinski definition) is 2. The van der Waals surface area contributed by atoms with E-state index in [4.69, 9.17) is 0 Å². The lowest BCUT2D eigenvalue weighted by atomic mass is 9.87. The lowest BCUT2D eigenvalue weighted by Crippen LogP contribution is -2.50. The average molecular weight is 256 g/mol. The van der Waals surface area contributed by atoms with Crippen LogP contribution in [0.4, 0.5) is 0 Å². The van der Waals surface area contributed by atoms with Crippen molar-refractivity contribution in [2.24, 2.45) is 5.92 Å². The largest absolute Gasteiger partial charge is 0.285 e. The predicted octanol–water partition coefficient (Wildman–Crippen LogP) is 3.55. The number of hydrogen-bond donors (Lipinski definition) is 0. The number of nitriles is 1. The molecule has 1 fully saturated rings. The molecule has 102 valence electrons. The Kier molecular flexibility index (Phi) is 4.27.